The van der Waals surface area contributed by atoms with E-state index in [-0.39, 0.29) is 12.7 Å². The minimum atomic E-state index is -0.404. The van der Waals surface area contributed by atoms with E-state index in [9.17, 15) is 4.79 Å². The van der Waals surface area contributed by atoms with Crippen LogP contribution in [-0.4, -0.2) is 30.0 Å². The molecule has 4 heteroatoms. The van der Waals surface area contributed by atoms with Crippen molar-refractivity contribution in [3.05, 3.63) is 0 Å². The molecule has 4 nitrogen and oxygen atoms in total. The number of ether oxygens (including phenoxy) is 1. The van der Waals surface area contributed by atoms with Gasteiger partial charge in [0.2, 0.25) is 0 Å². The van der Waals surface area contributed by atoms with Gasteiger partial charge in [-0.05, 0) is 39.0 Å². The number of aliphatic hydroxyl groups excluding tert-OH is 1. The van der Waals surface area contributed by atoms with Gasteiger partial charge in [-0.15, -0.1) is 0 Å². The SMILES string of the molecule is CCC(C)(C)OC(=O)NC[C@H](C)CCCO. The van der Waals surface area contributed by atoms with Crippen LogP contribution in [0.1, 0.15) is 47.0 Å². The topological polar surface area (TPSA) is 58.6 Å². The zero-order valence-corrected chi connectivity index (χ0v) is 10.9. The van der Waals surface area contributed by atoms with E-state index in [0.29, 0.717) is 12.5 Å². The maximum atomic E-state index is 11.4. The molecule has 0 aromatic heterocycles. The van der Waals surface area contributed by atoms with Crippen molar-refractivity contribution in [1.82, 2.24) is 5.32 Å². The molecule has 96 valence electrons. The Bertz CT molecular complexity index is 204. The summed E-state index contributed by atoms with van der Waals surface area (Å²) < 4.78 is 5.24. The quantitative estimate of drug-likeness (QED) is 0.707. The number of carbonyl (C=O) groups is 1. The third-order valence-corrected chi connectivity index (χ3v) is 2.67. The highest BCUT2D eigenvalue weighted by atomic mass is 16.6. The molecular weight excluding hydrogens is 206 g/mol. The third-order valence-electron chi connectivity index (χ3n) is 2.67. The molecule has 0 aromatic carbocycles. The number of alkyl carbamates (subject to hydrolysis) is 1. The van der Waals surface area contributed by atoms with Crippen LogP contribution < -0.4 is 5.32 Å². The number of hydrogen-bond donors (Lipinski definition) is 2. The molecule has 0 saturated heterocycles. The fourth-order valence-electron chi connectivity index (χ4n) is 1.16. The lowest BCUT2D eigenvalue weighted by molar-refractivity contribution is 0.0356. The first-order valence-electron chi connectivity index (χ1n) is 5.99. The number of nitrogens with one attached hydrogen (secondary N) is 1. The van der Waals surface area contributed by atoms with E-state index in [1.807, 2.05) is 27.7 Å². The Kier molecular flexibility index (Phi) is 7.13. The summed E-state index contributed by atoms with van der Waals surface area (Å²) in [7, 11) is 0. The Morgan fingerprint density at radius 3 is 2.62 bits per heavy atom. The van der Waals surface area contributed by atoms with Gasteiger partial charge in [0.25, 0.3) is 0 Å². The van der Waals surface area contributed by atoms with Gasteiger partial charge in [-0.1, -0.05) is 13.8 Å². The second kappa shape index (κ2) is 7.49. The molecule has 0 heterocycles. The van der Waals surface area contributed by atoms with E-state index in [4.69, 9.17) is 9.84 Å². The van der Waals surface area contributed by atoms with Crippen molar-refractivity contribution in [1.29, 1.82) is 0 Å². The first kappa shape index (κ1) is 15.2. The number of hydrogen-bond acceptors (Lipinski definition) is 3. The predicted molar refractivity (Wildman–Crippen MR) is 64.3 cm³/mol. The van der Waals surface area contributed by atoms with Gasteiger partial charge in [0.15, 0.2) is 0 Å². The van der Waals surface area contributed by atoms with Gasteiger partial charge >= 0.3 is 6.09 Å². The average molecular weight is 231 g/mol. The summed E-state index contributed by atoms with van der Waals surface area (Å²) in [6, 6.07) is 0. The highest BCUT2D eigenvalue weighted by molar-refractivity contribution is 5.67. The molecule has 1 atom stereocenters. The van der Waals surface area contributed by atoms with Gasteiger partial charge < -0.3 is 15.2 Å². The molecule has 0 aliphatic rings. The Hall–Kier alpha value is -0.770. The lowest BCUT2D eigenvalue weighted by Gasteiger charge is -2.23. The fraction of sp³-hybridized carbons (Fsp3) is 0.917. The highest BCUT2D eigenvalue weighted by Gasteiger charge is 2.20. The van der Waals surface area contributed by atoms with E-state index in [0.717, 1.165) is 19.3 Å². The summed E-state index contributed by atoms with van der Waals surface area (Å²) in [5.74, 6) is 0.365. The van der Waals surface area contributed by atoms with Gasteiger partial charge in [0, 0.05) is 13.2 Å². The van der Waals surface area contributed by atoms with Crippen LogP contribution in [0.25, 0.3) is 0 Å². The minimum Gasteiger partial charge on any atom is -0.444 e. The molecule has 16 heavy (non-hydrogen) atoms. The van der Waals surface area contributed by atoms with Gasteiger partial charge in [-0.2, -0.15) is 0 Å². The van der Waals surface area contributed by atoms with Crippen LogP contribution in [-0.2, 0) is 4.74 Å². The first-order chi connectivity index (χ1) is 7.41. The van der Waals surface area contributed by atoms with Gasteiger partial charge in [0.05, 0.1) is 0 Å². The van der Waals surface area contributed by atoms with E-state index < -0.39 is 5.60 Å². The molecule has 0 saturated carbocycles. The Balaban J connectivity index is 3.73. The number of rotatable bonds is 7. The van der Waals surface area contributed by atoms with Crippen LogP contribution in [0.3, 0.4) is 0 Å². The molecule has 2 N–H and O–H groups in total. The molecule has 0 radical (unpaired) electrons. The monoisotopic (exact) mass is 231 g/mol. The average Bonchev–Trinajstić information content (AvgIpc) is 2.23. The van der Waals surface area contributed by atoms with Crippen LogP contribution in [0.5, 0.6) is 0 Å². The van der Waals surface area contributed by atoms with Crippen molar-refractivity contribution < 1.29 is 14.6 Å². The summed E-state index contributed by atoms with van der Waals surface area (Å²) >= 11 is 0. The lowest BCUT2D eigenvalue weighted by atomic mass is 10.1. The van der Waals surface area contributed by atoms with Gasteiger partial charge in [-0.3, -0.25) is 0 Å². The molecule has 0 bridgehead atoms. The van der Waals surface area contributed by atoms with Crippen molar-refractivity contribution in [2.24, 2.45) is 5.92 Å². The summed E-state index contributed by atoms with van der Waals surface area (Å²) in [6.07, 6.45) is 2.12. The third kappa shape index (κ3) is 7.51. The van der Waals surface area contributed by atoms with Gasteiger partial charge in [0.1, 0.15) is 5.60 Å². The molecule has 0 rings (SSSR count). The molecule has 0 spiro atoms. The van der Waals surface area contributed by atoms with Crippen LogP contribution >= 0.6 is 0 Å². The molecular formula is C12H25NO3. The van der Waals surface area contributed by atoms with Crippen LogP contribution in [0.4, 0.5) is 4.79 Å². The van der Waals surface area contributed by atoms with Crippen molar-refractivity contribution in [3.8, 4) is 0 Å². The Morgan fingerprint density at radius 2 is 2.12 bits per heavy atom. The predicted octanol–water partition coefficient (Wildman–Crippen LogP) is 2.31. The van der Waals surface area contributed by atoms with E-state index in [2.05, 4.69) is 5.32 Å². The molecule has 1 amide bonds. The first-order valence-corrected chi connectivity index (χ1v) is 5.99. The van der Waals surface area contributed by atoms with Crippen molar-refractivity contribution >= 4 is 6.09 Å². The molecule has 0 aliphatic heterocycles. The van der Waals surface area contributed by atoms with Crippen LogP contribution in [0.15, 0.2) is 0 Å². The fourth-order valence-corrected chi connectivity index (χ4v) is 1.16. The second-order valence-electron chi connectivity index (χ2n) is 4.85. The smallest absolute Gasteiger partial charge is 0.407 e. The zero-order valence-electron chi connectivity index (χ0n) is 10.9. The van der Waals surface area contributed by atoms with Gasteiger partial charge in [-0.25, -0.2) is 4.79 Å². The molecule has 0 fully saturated rings. The lowest BCUT2D eigenvalue weighted by Crippen LogP contribution is -2.36. The minimum absolute atomic E-state index is 0.206. The Labute approximate surface area is 98.4 Å². The maximum absolute atomic E-state index is 11.4. The van der Waals surface area contributed by atoms with E-state index in [1.165, 1.54) is 0 Å². The maximum Gasteiger partial charge on any atom is 0.407 e. The summed E-state index contributed by atoms with van der Waals surface area (Å²) in [6.45, 7) is 8.61. The molecule has 0 aromatic rings. The van der Waals surface area contributed by atoms with E-state index >= 15 is 0 Å². The summed E-state index contributed by atoms with van der Waals surface area (Å²) in [5.41, 5.74) is -0.404. The second-order valence-corrected chi connectivity index (χ2v) is 4.85. The highest BCUT2D eigenvalue weighted by Crippen LogP contribution is 2.13. The van der Waals surface area contributed by atoms with Crippen LogP contribution in [0, 0.1) is 5.92 Å². The van der Waals surface area contributed by atoms with Crippen LogP contribution in [0.2, 0.25) is 0 Å². The normalized spacial score (nSPS) is 13.3. The molecule has 0 aliphatic carbocycles. The van der Waals surface area contributed by atoms with E-state index in [1.54, 1.807) is 0 Å². The van der Waals surface area contributed by atoms with Crippen molar-refractivity contribution in [2.45, 2.75) is 52.6 Å². The summed E-state index contributed by atoms with van der Waals surface area (Å²) in [4.78, 5) is 11.4. The largest absolute Gasteiger partial charge is 0.444 e. The molecule has 0 unspecified atom stereocenters. The van der Waals surface area contributed by atoms with Crippen molar-refractivity contribution in [2.75, 3.05) is 13.2 Å². The standard InChI is InChI=1S/C12H25NO3/c1-5-12(3,4)16-11(15)13-9-10(2)7-6-8-14/h10,14H,5-9H2,1-4H3,(H,13,15)/t10-/m1/s1. The number of amides is 1. The Morgan fingerprint density at radius 1 is 1.50 bits per heavy atom. The summed E-state index contributed by atoms with van der Waals surface area (Å²) in [5, 5.41) is 11.4. The van der Waals surface area contributed by atoms with Crippen molar-refractivity contribution in [3.63, 3.8) is 0 Å². The number of carbonyl (C=O) groups excluding carboxylic acids is 1. The number of aliphatic hydroxyl groups is 1. The zero-order chi connectivity index (χ0) is 12.6.